The molecule has 0 heterocycles. The number of allylic oxidation sites excluding steroid dienone is 1. The van der Waals surface area contributed by atoms with E-state index in [2.05, 4.69) is 30.9 Å². The van der Waals surface area contributed by atoms with Gasteiger partial charge in [0.05, 0.1) is 0 Å². The van der Waals surface area contributed by atoms with Crippen molar-refractivity contribution >= 4 is 10.8 Å². The molecule has 0 aromatic heterocycles. The summed E-state index contributed by atoms with van der Waals surface area (Å²) in [5.74, 6) is 3.82. The third kappa shape index (κ3) is 5.60. The van der Waals surface area contributed by atoms with E-state index in [0.29, 0.717) is 0 Å². The van der Waals surface area contributed by atoms with Crippen molar-refractivity contribution in [2.75, 3.05) is 0 Å². The third-order valence-electron chi connectivity index (χ3n) is 8.55. The molecular formula is C30H41F. The summed E-state index contributed by atoms with van der Waals surface area (Å²) in [5, 5.41) is 1.84. The first-order valence-electron chi connectivity index (χ1n) is 13.0. The number of hydrogen-bond donors (Lipinski definition) is 0. The highest BCUT2D eigenvalue weighted by atomic mass is 19.1. The molecule has 0 unspecified atom stereocenters. The summed E-state index contributed by atoms with van der Waals surface area (Å²) in [4.78, 5) is 0. The summed E-state index contributed by atoms with van der Waals surface area (Å²) in [7, 11) is 0. The molecule has 2 saturated carbocycles. The van der Waals surface area contributed by atoms with Gasteiger partial charge in [-0.1, -0.05) is 69.0 Å². The molecule has 0 bridgehead atoms. The second-order valence-corrected chi connectivity index (χ2v) is 10.4. The minimum absolute atomic E-state index is 0.0281. The lowest BCUT2D eigenvalue weighted by atomic mass is 9.68. The molecule has 0 nitrogen and oxygen atoms in total. The fraction of sp³-hybridized carbons (Fsp3) is 0.600. The van der Waals surface area contributed by atoms with E-state index < -0.39 is 0 Å². The Morgan fingerprint density at radius 3 is 2.13 bits per heavy atom. The van der Waals surface area contributed by atoms with Gasteiger partial charge in [-0.2, -0.15) is 0 Å². The predicted molar refractivity (Wildman–Crippen MR) is 132 cm³/mol. The monoisotopic (exact) mass is 420 g/mol. The van der Waals surface area contributed by atoms with Gasteiger partial charge in [-0.25, -0.2) is 4.39 Å². The van der Waals surface area contributed by atoms with Crippen LogP contribution in [-0.4, -0.2) is 0 Å². The Morgan fingerprint density at radius 2 is 1.52 bits per heavy atom. The highest BCUT2D eigenvalue weighted by Gasteiger charge is 2.30. The van der Waals surface area contributed by atoms with Gasteiger partial charge in [0, 0.05) is 5.39 Å². The minimum Gasteiger partial charge on any atom is -0.206 e. The van der Waals surface area contributed by atoms with E-state index in [4.69, 9.17) is 0 Å². The Hall–Kier alpha value is -1.63. The number of aryl methyl sites for hydroxylation is 2. The van der Waals surface area contributed by atoms with Crippen LogP contribution in [0.25, 0.3) is 10.8 Å². The molecule has 4 rings (SSSR count). The van der Waals surface area contributed by atoms with Crippen LogP contribution in [0.4, 0.5) is 4.39 Å². The average molecular weight is 421 g/mol. The van der Waals surface area contributed by atoms with Crippen molar-refractivity contribution in [1.29, 1.82) is 0 Å². The van der Waals surface area contributed by atoms with Crippen LogP contribution in [0.2, 0.25) is 0 Å². The number of rotatable bonds is 8. The topological polar surface area (TPSA) is 0 Å². The SMILES string of the molecule is C=CCCC1CCC(C2CCC(CCc3ccc4c(F)c(CC)ccc4c3)CC2)CC1. The van der Waals surface area contributed by atoms with Gasteiger partial charge in [0.25, 0.3) is 0 Å². The molecule has 0 saturated heterocycles. The molecule has 168 valence electrons. The van der Waals surface area contributed by atoms with E-state index in [1.165, 1.54) is 76.2 Å². The molecule has 0 aliphatic heterocycles. The first-order chi connectivity index (χ1) is 15.2. The molecule has 0 radical (unpaired) electrons. The lowest BCUT2D eigenvalue weighted by molar-refractivity contribution is 0.141. The smallest absolute Gasteiger partial charge is 0.134 e. The highest BCUT2D eigenvalue weighted by molar-refractivity contribution is 5.84. The van der Waals surface area contributed by atoms with E-state index in [9.17, 15) is 4.39 Å². The first-order valence-corrected chi connectivity index (χ1v) is 13.0. The van der Waals surface area contributed by atoms with Gasteiger partial charge in [-0.05, 0) is 98.0 Å². The van der Waals surface area contributed by atoms with Gasteiger partial charge in [0.1, 0.15) is 5.82 Å². The van der Waals surface area contributed by atoms with Gasteiger partial charge in [0.2, 0.25) is 0 Å². The van der Waals surface area contributed by atoms with Crippen molar-refractivity contribution in [3.05, 3.63) is 59.9 Å². The Labute approximate surface area is 189 Å². The summed E-state index contributed by atoms with van der Waals surface area (Å²) in [6, 6.07) is 10.4. The number of halogens is 1. The van der Waals surface area contributed by atoms with Crippen LogP contribution in [0.5, 0.6) is 0 Å². The van der Waals surface area contributed by atoms with E-state index in [1.807, 2.05) is 19.1 Å². The normalized spacial score (nSPS) is 26.8. The molecular weight excluding hydrogens is 379 g/mol. The van der Waals surface area contributed by atoms with Crippen LogP contribution in [0.3, 0.4) is 0 Å². The van der Waals surface area contributed by atoms with E-state index >= 15 is 0 Å². The standard InChI is InChI=1S/C30H41F/c1-3-5-6-22-9-14-26(15-10-22)27-16-11-23(12-17-27)7-8-24-13-20-29-28(21-24)19-18-25(4-2)30(29)31/h3,13,18-23,26-27H,1,4-12,14-17H2,2H3. The van der Waals surface area contributed by atoms with E-state index in [0.717, 1.165) is 52.8 Å². The summed E-state index contributed by atoms with van der Waals surface area (Å²) < 4.78 is 14.5. The number of fused-ring (bicyclic) bond motifs is 1. The van der Waals surface area contributed by atoms with Crippen molar-refractivity contribution in [3.63, 3.8) is 0 Å². The van der Waals surface area contributed by atoms with Crippen molar-refractivity contribution in [2.24, 2.45) is 23.7 Å². The van der Waals surface area contributed by atoms with Gasteiger partial charge in [-0.15, -0.1) is 6.58 Å². The zero-order chi connectivity index (χ0) is 21.6. The largest absolute Gasteiger partial charge is 0.206 e. The van der Waals surface area contributed by atoms with Crippen LogP contribution in [0, 0.1) is 29.5 Å². The quantitative estimate of drug-likeness (QED) is 0.374. The third-order valence-corrected chi connectivity index (χ3v) is 8.55. The fourth-order valence-electron chi connectivity index (χ4n) is 6.44. The van der Waals surface area contributed by atoms with Crippen LogP contribution in [0.15, 0.2) is 43.0 Å². The Balaban J connectivity index is 1.23. The average Bonchev–Trinajstić information content (AvgIpc) is 2.82. The maximum absolute atomic E-state index is 14.5. The van der Waals surface area contributed by atoms with Crippen molar-refractivity contribution in [1.82, 2.24) is 0 Å². The molecule has 1 heteroatoms. The van der Waals surface area contributed by atoms with Gasteiger partial charge in [0.15, 0.2) is 0 Å². The summed E-state index contributed by atoms with van der Waals surface area (Å²) in [5.41, 5.74) is 2.19. The highest BCUT2D eigenvalue weighted by Crippen LogP contribution is 2.43. The Morgan fingerprint density at radius 1 is 0.871 bits per heavy atom. The minimum atomic E-state index is -0.0281. The molecule has 2 aliphatic carbocycles. The fourth-order valence-corrected chi connectivity index (χ4v) is 6.44. The molecule has 31 heavy (non-hydrogen) atoms. The molecule has 0 N–H and O–H groups in total. The molecule has 0 spiro atoms. The number of benzene rings is 2. The predicted octanol–water partition coefficient (Wildman–Crippen LogP) is 9.05. The van der Waals surface area contributed by atoms with Crippen molar-refractivity contribution in [2.45, 2.75) is 90.4 Å². The van der Waals surface area contributed by atoms with Crippen LogP contribution in [0.1, 0.15) is 88.7 Å². The Bertz CT molecular complexity index is 850. The Kier molecular flexibility index (Phi) is 7.86. The zero-order valence-corrected chi connectivity index (χ0v) is 19.6. The zero-order valence-electron chi connectivity index (χ0n) is 19.6. The van der Waals surface area contributed by atoms with Crippen molar-refractivity contribution < 1.29 is 4.39 Å². The maximum Gasteiger partial charge on any atom is 0.134 e. The number of hydrogen-bond acceptors (Lipinski definition) is 0. The second-order valence-electron chi connectivity index (χ2n) is 10.4. The second kappa shape index (κ2) is 10.8. The van der Waals surface area contributed by atoms with Gasteiger partial charge < -0.3 is 0 Å². The van der Waals surface area contributed by atoms with Crippen LogP contribution >= 0.6 is 0 Å². The van der Waals surface area contributed by atoms with Crippen LogP contribution < -0.4 is 0 Å². The lowest BCUT2D eigenvalue weighted by Gasteiger charge is -2.38. The van der Waals surface area contributed by atoms with Crippen LogP contribution in [-0.2, 0) is 12.8 Å². The van der Waals surface area contributed by atoms with Gasteiger partial charge >= 0.3 is 0 Å². The van der Waals surface area contributed by atoms with E-state index in [1.54, 1.807) is 0 Å². The summed E-state index contributed by atoms with van der Waals surface area (Å²) >= 11 is 0. The first kappa shape index (κ1) is 22.6. The molecule has 2 aromatic carbocycles. The molecule has 2 aromatic rings. The summed E-state index contributed by atoms with van der Waals surface area (Å²) in [6.45, 7) is 5.90. The van der Waals surface area contributed by atoms with E-state index in [-0.39, 0.29) is 5.82 Å². The lowest BCUT2D eigenvalue weighted by Crippen LogP contribution is -2.26. The molecule has 2 aliphatic rings. The molecule has 2 fully saturated rings. The maximum atomic E-state index is 14.5. The summed E-state index contributed by atoms with van der Waals surface area (Å²) in [6.07, 6.45) is 19.5. The molecule has 0 atom stereocenters. The molecule has 0 amide bonds. The van der Waals surface area contributed by atoms with Gasteiger partial charge in [-0.3, -0.25) is 0 Å². The van der Waals surface area contributed by atoms with Crippen molar-refractivity contribution in [3.8, 4) is 0 Å².